The Balaban J connectivity index is 2.23. The van der Waals surface area contributed by atoms with Gasteiger partial charge in [0.1, 0.15) is 16.8 Å². The zero-order valence-corrected chi connectivity index (χ0v) is 11.6. The molecule has 0 N–H and O–H groups in total. The lowest BCUT2D eigenvalue weighted by molar-refractivity contribution is 0.671. The van der Waals surface area contributed by atoms with Crippen LogP contribution in [0, 0.1) is 0 Å². The maximum Gasteiger partial charge on any atom is 0.135 e. The van der Waals surface area contributed by atoms with Gasteiger partial charge < -0.3 is 4.90 Å². The van der Waals surface area contributed by atoms with Crippen molar-refractivity contribution < 1.29 is 4.21 Å². The summed E-state index contributed by atoms with van der Waals surface area (Å²) in [5.41, 5.74) is 0. The third-order valence-corrected chi connectivity index (χ3v) is 4.19. The van der Waals surface area contributed by atoms with Gasteiger partial charge in [0.05, 0.1) is 0 Å². The van der Waals surface area contributed by atoms with Crippen LogP contribution in [0.15, 0.2) is 6.07 Å². The van der Waals surface area contributed by atoms with Crippen LogP contribution in [-0.4, -0.2) is 38.8 Å². The summed E-state index contributed by atoms with van der Waals surface area (Å²) in [5, 5.41) is 0.477. The van der Waals surface area contributed by atoms with E-state index in [-0.39, 0.29) is 5.92 Å². The molecule has 2 heterocycles. The van der Waals surface area contributed by atoms with Crippen molar-refractivity contribution >= 4 is 28.2 Å². The summed E-state index contributed by atoms with van der Waals surface area (Å²) in [6.07, 6.45) is 0. The Kier molecular flexibility index (Phi) is 3.99. The fraction of sp³-hybridized carbons (Fsp3) is 0.636. The number of anilines is 1. The molecule has 0 saturated carbocycles. The predicted octanol–water partition coefficient (Wildman–Crippen LogP) is 1.82. The first-order valence-corrected chi connectivity index (χ1v) is 7.57. The van der Waals surface area contributed by atoms with E-state index >= 15 is 0 Å². The van der Waals surface area contributed by atoms with E-state index in [9.17, 15) is 4.21 Å². The summed E-state index contributed by atoms with van der Waals surface area (Å²) in [4.78, 5) is 10.8. The van der Waals surface area contributed by atoms with Crippen molar-refractivity contribution in [3.05, 3.63) is 17.0 Å². The summed E-state index contributed by atoms with van der Waals surface area (Å²) in [6, 6.07) is 1.78. The first-order chi connectivity index (χ1) is 8.06. The third kappa shape index (κ3) is 3.16. The quantitative estimate of drug-likeness (QED) is 0.771. The van der Waals surface area contributed by atoms with Crippen LogP contribution < -0.4 is 4.90 Å². The molecular weight excluding hydrogens is 258 g/mol. The van der Waals surface area contributed by atoms with Crippen molar-refractivity contribution in [3.8, 4) is 0 Å². The molecule has 1 aromatic heterocycles. The van der Waals surface area contributed by atoms with Gasteiger partial charge in [-0.25, -0.2) is 9.97 Å². The monoisotopic (exact) mass is 273 g/mol. The molecule has 6 heteroatoms. The van der Waals surface area contributed by atoms with Crippen LogP contribution in [-0.2, 0) is 10.8 Å². The van der Waals surface area contributed by atoms with Crippen LogP contribution in [0.5, 0.6) is 0 Å². The molecule has 1 saturated heterocycles. The molecule has 1 fully saturated rings. The van der Waals surface area contributed by atoms with Gasteiger partial charge in [-0.2, -0.15) is 0 Å². The molecule has 17 heavy (non-hydrogen) atoms. The molecule has 0 atom stereocenters. The van der Waals surface area contributed by atoms with Crippen molar-refractivity contribution in [2.45, 2.75) is 19.8 Å². The van der Waals surface area contributed by atoms with Crippen LogP contribution in [0.25, 0.3) is 0 Å². The number of hydrogen-bond acceptors (Lipinski definition) is 4. The van der Waals surface area contributed by atoms with E-state index in [2.05, 4.69) is 14.9 Å². The summed E-state index contributed by atoms with van der Waals surface area (Å²) >= 11 is 6.00. The van der Waals surface area contributed by atoms with E-state index < -0.39 is 10.8 Å². The Morgan fingerprint density at radius 1 is 1.35 bits per heavy atom. The average Bonchev–Trinajstić information content (AvgIpc) is 2.29. The van der Waals surface area contributed by atoms with Crippen LogP contribution >= 0.6 is 11.6 Å². The Bertz CT molecular complexity index is 429. The highest BCUT2D eigenvalue weighted by molar-refractivity contribution is 7.85. The SMILES string of the molecule is CC(C)c1nc(Cl)cc(N2CCS(=O)CC2)n1. The van der Waals surface area contributed by atoms with E-state index in [1.54, 1.807) is 6.07 Å². The Morgan fingerprint density at radius 3 is 2.59 bits per heavy atom. The number of nitrogens with zero attached hydrogens (tertiary/aromatic N) is 3. The summed E-state index contributed by atoms with van der Waals surface area (Å²) in [7, 11) is -0.672. The molecule has 0 spiro atoms. The minimum atomic E-state index is -0.672. The lowest BCUT2D eigenvalue weighted by Gasteiger charge is -2.27. The van der Waals surface area contributed by atoms with Crippen LogP contribution in [0.2, 0.25) is 5.15 Å². The van der Waals surface area contributed by atoms with Crippen LogP contribution in [0.4, 0.5) is 5.82 Å². The van der Waals surface area contributed by atoms with Gasteiger partial charge >= 0.3 is 0 Å². The van der Waals surface area contributed by atoms with Crippen molar-refractivity contribution in [3.63, 3.8) is 0 Å². The fourth-order valence-electron chi connectivity index (χ4n) is 1.71. The highest BCUT2D eigenvalue weighted by Gasteiger charge is 2.18. The summed E-state index contributed by atoms with van der Waals surface area (Å²) in [5.74, 6) is 3.29. The predicted molar refractivity (Wildman–Crippen MR) is 71.2 cm³/mol. The molecule has 94 valence electrons. The van der Waals surface area contributed by atoms with Crippen molar-refractivity contribution in [2.75, 3.05) is 29.5 Å². The van der Waals surface area contributed by atoms with E-state index in [0.29, 0.717) is 16.7 Å². The van der Waals surface area contributed by atoms with E-state index in [4.69, 9.17) is 11.6 Å². The van der Waals surface area contributed by atoms with Gasteiger partial charge in [0.25, 0.3) is 0 Å². The van der Waals surface area contributed by atoms with Gasteiger partial charge in [-0.1, -0.05) is 25.4 Å². The lowest BCUT2D eigenvalue weighted by Crippen LogP contribution is -2.38. The highest BCUT2D eigenvalue weighted by atomic mass is 35.5. The first-order valence-electron chi connectivity index (χ1n) is 5.70. The molecule has 0 aromatic carbocycles. The topological polar surface area (TPSA) is 46.1 Å². The summed E-state index contributed by atoms with van der Waals surface area (Å²) in [6.45, 7) is 5.64. The van der Waals surface area contributed by atoms with Crippen LogP contribution in [0.3, 0.4) is 0 Å². The van der Waals surface area contributed by atoms with Gasteiger partial charge in [0.15, 0.2) is 0 Å². The zero-order chi connectivity index (χ0) is 12.4. The number of halogens is 1. The lowest BCUT2D eigenvalue weighted by atomic mass is 10.2. The second-order valence-electron chi connectivity index (χ2n) is 4.40. The van der Waals surface area contributed by atoms with Gasteiger partial charge in [0.2, 0.25) is 0 Å². The van der Waals surface area contributed by atoms with Crippen molar-refractivity contribution in [2.24, 2.45) is 0 Å². The fourth-order valence-corrected chi connectivity index (χ4v) is 2.95. The van der Waals surface area contributed by atoms with E-state index in [1.807, 2.05) is 13.8 Å². The molecule has 0 bridgehead atoms. The van der Waals surface area contributed by atoms with E-state index in [1.165, 1.54) is 0 Å². The van der Waals surface area contributed by atoms with Crippen molar-refractivity contribution in [1.29, 1.82) is 0 Å². The third-order valence-electron chi connectivity index (χ3n) is 2.72. The molecule has 1 aliphatic heterocycles. The van der Waals surface area contributed by atoms with Gasteiger partial charge in [-0.3, -0.25) is 4.21 Å². The standard InChI is InChI=1S/C11H16ClN3OS/c1-8(2)11-13-9(12)7-10(14-11)15-3-5-17(16)6-4-15/h7-8H,3-6H2,1-2H3. The molecule has 0 amide bonds. The van der Waals surface area contributed by atoms with E-state index in [0.717, 1.165) is 24.7 Å². The van der Waals surface area contributed by atoms with Crippen LogP contribution in [0.1, 0.15) is 25.6 Å². The molecule has 0 aliphatic carbocycles. The Morgan fingerprint density at radius 2 is 2.00 bits per heavy atom. The molecule has 2 rings (SSSR count). The first kappa shape index (κ1) is 12.8. The molecule has 4 nitrogen and oxygen atoms in total. The van der Waals surface area contributed by atoms with Gasteiger partial charge in [-0.05, 0) is 0 Å². The average molecular weight is 274 g/mol. The van der Waals surface area contributed by atoms with Crippen molar-refractivity contribution in [1.82, 2.24) is 9.97 Å². The molecular formula is C11H16ClN3OS. The zero-order valence-electron chi connectivity index (χ0n) is 10.0. The molecule has 1 aromatic rings. The van der Waals surface area contributed by atoms with Gasteiger partial charge in [0, 0.05) is 47.4 Å². The Labute approximate surface area is 109 Å². The summed E-state index contributed by atoms with van der Waals surface area (Å²) < 4.78 is 11.3. The normalized spacial score (nSPS) is 17.8. The number of hydrogen-bond donors (Lipinski definition) is 0. The number of aromatic nitrogens is 2. The molecule has 1 aliphatic rings. The second-order valence-corrected chi connectivity index (χ2v) is 6.48. The highest BCUT2D eigenvalue weighted by Crippen LogP contribution is 2.20. The Hall–Kier alpha value is -0.680. The molecule has 0 unspecified atom stereocenters. The largest absolute Gasteiger partial charge is 0.355 e. The minimum absolute atomic E-state index is 0.256. The minimum Gasteiger partial charge on any atom is -0.355 e. The number of rotatable bonds is 2. The smallest absolute Gasteiger partial charge is 0.135 e. The molecule has 0 radical (unpaired) electrons. The maximum atomic E-state index is 11.3. The maximum absolute atomic E-state index is 11.3. The van der Waals surface area contributed by atoms with Gasteiger partial charge in [-0.15, -0.1) is 0 Å². The second kappa shape index (κ2) is 5.31.